The Labute approximate surface area is 188 Å². The molecule has 166 valence electrons. The number of aromatic nitrogens is 1. The van der Waals surface area contributed by atoms with Gasteiger partial charge in [0.1, 0.15) is 23.1 Å². The van der Waals surface area contributed by atoms with Gasteiger partial charge < -0.3 is 20.1 Å². The first-order valence-corrected chi connectivity index (χ1v) is 10.8. The summed E-state index contributed by atoms with van der Waals surface area (Å²) in [6, 6.07) is 9.87. The number of para-hydroxylation sites is 2. The first-order chi connectivity index (χ1) is 15.4. The number of carbonyl (C=O) groups excluding carboxylic acids is 3. The molecule has 1 aromatic heterocycles. The van der Waals surface area contributed by atoms with Crippen LogP contribution < -0.4 is 25.0 Å². The quantitative estimate of drug-likeness (QED) is 0.591. The van der Waals surface area contributed by atoms with Crippen LogP contribution in [0.2, 0.25) is 0 Å². The van der Waals surface area contributed by atoms with Crippen molar-refractivity contribution in [1.29, 1.82) is 0 Å². The lowest BCUT2D eigenvalue weighted by Crippen LogP contribution is -2.51. The van der Waals surface area contributed by atoms with E-state index >= 15 is 0 Å². The number of amides is 3. The highest BCUT2D eigenvalue weighted by Gasteiger charge is 2.34. The molecule has 3 amide bonds. The lowest BCUT2D eigenvalue weighted by molar-refractivity contribution is -0.125. The van der Waals surface area contributed by atoms with Gasteiger partial charge in [-0.05, 0) is 24.6 Å². The van der Waals surface area contributed by atoms with E-state index in [9.17, 15) is 14.4 Å². The lowest BCUT2D eigenvalue weighted by atomic mass is 10.1. The van der Waals surface area contributed by atoms with Crippen LogP contribution in [0.4, 0.5) is 16.5 Å². The van der Waals surface area contributed by atoms with Crippen molar-refractivity contribution in [3.05, 3.63) is 36.4 Å². The van der Waals surface area contributed by atoms with Gasteiger partial charge in [0.05, 0.1) is 17.5 Å². The van der Waals surface area contributed by atoms with Gasteiger partial charge in [-0.2, -0.15) is 0 Å². The molecule has 2 N–H and O–H groups in total. The Hall–Kier alpha value is -3.66. The normalized spacial score (nSPS) is 13.8. The summed E-state index contributed by atoms with van der Waals surface area (Å²) in [4.78, 5) is 43.1. The van der Waals surface area contributed by atoms with E-state index in [-0.39, 0.29) is 24.3 Å². The summed E-state index contributed by atoms with van der Waals surface area (Å²) in [5.74, 6) is 0.201. The zero-order valence-electron chi connectivity index (χ0n) is 17.8. The number of nitrogens with zero attached hydrogens (tertiary/aromatic N) is 2. The molecule has 1 aliphatic rings. The monoisotopic (exact) mass is 454 g/mol. The average molecular weight is 455 g/mol. The van der Waals surface area contributed by atoms with Crippen molar-refractivity contribution in [1.82, 2.24) is 4.98 Å². The maximum Gasteiger partial charge on any atom is 0.265 e. The molecule has 0 saturated carbocycles. The van der Waals surface area contributed by atoms with Crippen LogP contribution in [0.15, 0.2) is 36.4 Å². The van der Waals surface area contributed by atoms with E-state index in [0.717, 1.165) is 4.70 Å². The van der Waals surface area contributed by atoms with Crippen molar-refractivity contribution < 1.29 is 23.9 Å². The minimum atomic E-state index is -0.717. The molecule has 2 aromatic carbocycles. The van der Waals surface area contributed by atoms with Gasteiger partial charge in [0.15, 0.2) is 11.7 Å². The fourth-order valence-corrected chi connectivity index (χ4v) is 4.57. The van der Waals surface area contributed by atoms with Gasteiger partial charge in [0.2, 0.25) is 11.8 Å². The number of rotatable bonds is 6. The van der Waals surface area contributed by atoms with Crippen molar-refractivity contribution >= 4 is 55.8 Å². The van der Waals surface area contributed by atoms with Crippen LogP contribution in [-0.2, 0) is 14.4 Å². The molecular weight excluding hydrogens is 432 g/mol. The third-order valence-electron chi connectivity index (χ3n) is 4.98. The first-order valence-electron chi connectivity index (χ1n) is 10.0. The van der Waals surface area contributed by atoms with Crippen molar-refractivity contribution in [2.45, 2.75) is 26.3 Å². The molecule has 0 saturated heterocycles. The topological polar surface area (TPSA) is 110 Å². The minimum Gasteiger partial charge on any atom is -0.494 e. The van der Waals surface area contributed by atoms with Gasteiger partial charge in [-0.25, -0.2) is 4.98 Å². The van der Waals surface area contributed by atoms with E-state index in [4.69, 9.17) is 9.47 Å². The summed E-state index contributed by atoms with van der Waals surface area (Å²) in [6.07, 6.45) is 0.415. The van der Waals surface area contributed by atoms with Gasteiger partial charge >= 0.3 is 0 Å². The fraction of sp³-hybridized carbons (Fsp3) is 0.273. The third kappa shape index (κ3) is 4.09. The Kier molecular flexibility index (Phi) is 5.95. The molecule has 0 fully saturated rings. The highest BCUT2D eigenvalue weighted by molar-refractivity contribution is 7.22. The minimum absolute atomic E-state index is 0.118. The highest BCUT2D eigenvalue weighted by Crippen LogP contribution is 2.37. The molecule has 1 atom stereocenters. The molecule has 4 rings (SSSR count). The number of hydrogen-bond acceptors (Lipinski definition) is 7. The van der Waals surface area contributed by atoms with Crippen molar-refractivity contribution in [2.24, 2.45) is 0 Å². The summed E-state index contributed by atoms with van der Waals surface area (Å²) in [7, 11) is 1.51. The Balaban J connectivity index is 1.64. The number of fused-ring (bicyclic) bond motifs is 2. The van der Waals surface area contributed by atoms with Gasteiger partial charge in [0.25, 0.3) is 5.91 Å². The Bertz CT molecular complexity index is 1210. The zero-order valence-corrected chi connectivity index (χ0v) is 18.6. The van der Waals surface area contributed by atoms with Gasteiger partial charge in [-0.1, -0.05) is 30.4 Å². The Morgan fingerprint density at radius 3 is 2.78 bits per heavy atom. The number of hydrogen-bond donors (Lipinski definition) is 2. The summed E-state index contributed by atoms with van der Waals surface area (Å²) >= 11 is 1.27. The highest BCUT2D eigenvalue weighted by atomic mass is 32.1. The standard InChI is InChI=1S/C22H22N4O5S/c1-4-14(26-15-7-5-6-8-16(15)31-11-19(26)28)21(29)24-13-9-17(30-3)20-18(10-13)32-22(25-20)23-12(2)27/h5-10,14H,4,11H2,1-3H3,(H,24,29)(H,23,25,27). The van der Waals surface area contributed by atoms with E-state index in [0.29, 0.717) is 39.9 Å². The van der Waals surface area contributed by atoms with Gasteiger partial charge in [0, 0.05) is 18.7 Å². The van der Waals surface area contributed by atoms with E-state index in [1.165, 1.54) is 30.3 Å². The van der Waals surface area contributed by atoms with Crippen LogP contribution >= 0.6 is 11.3 Å². The van der Waals surface area contributed by atoms with Crippen LogP contribution in [0.3, 0.4) is 0 Å². The number of nitrogens with one attached hydrogen (secondary N) is 2. The van der Waals surface area contributed by atoms with Crippen molar-refractivity contribution in [2.75, 3.05) is 29.3 Å². The predicted octanol–water partition coefficient (Wildman–Crippen LogP) is 3.41. The third-order valence-corrected chi connectivity index (χ3v) is 5.89. The van der Waals surface area contributed by atoms with Crippen molar-refractivity contribution in [3.8, 4) is 11.5 Å². The van der Waals surface area contributed by atoms with Crippen molar-refractivity contribution in [3.63, 3.8) is 0 Å². The summed E-state index contributed by atoms with van der Waals surface area (Å²) in [5, 5.41) is 6.00. The maximum absolute atomic E-state index is 13.2. The number of ether oxygens (including phenoxy) is 2. The zero-order chi connectivity index (χ0) is 22.8. The molecule has 1 aliphatic heterocycles. The molecule has 0 bridgehead atoms. The molecule has 2 heterocycles. The van der Waals surface area contributed by atoms with Crippen LogP contribution in [0.5, 0.6) is 11.5 Å². The second kappa shape index (κ2) is 8.83. The Morgan fingerprint density at radius 1 is 1.28 bits per heavy atom. The second-order valence-corrected chi connectivity index (χ2v) is 8.19. The molecule has 32 heavy (non-hydrogen) atoms. The van der Waals surface area contributed by atoms with Crippen LogP contribution in [-0.4, -0.2) is 42.5 Å². The number of anilines is 3. The van der Waals surface area contributed by atoms with Crippen LogP contribution in [0.25, 0.3) is 10.2 Å². The summed E-state index contributed by atoms with van der Waals surface area (Å²) in [6.45, 7) is 3.14. The second-order valence-electron chi connectivity index (χ2n) is 7.16. The lowest BCUT2D eigenvalue weighted by Gasteiger charge is -2.34. The first kappa shape index (κ1) is 21.6. The fourth-order valence-electron chi connectivity index (χ4n) is 3.60. The summed E-state index contributed by atoms with van der Waals surface area (Å²) < 4.78 is 11.7. The largest absolute Gasteiger partial charge is 0.494 e. The SMILES string of the molecule is CCC(C(=O)Nc1cc(OC)c2nc(NC(C)=O)sc2c1)N1C(=O)COc2ccccc21. The molecule has 0 aliphatic carbocycles. The van der Waals surface area contributed by atoms with Crippen LogP contribution in [0.1, 0.15) is 20.3 Å². The maximum atomic E-state index is 13.2. The van der Waals surface area contributed by atoms with Gasteiger partial charge in [-0.3, -0.25) is 19.3 Å². The average Bonchev–Trinajstić information content (AvgIpc) is 3.16. The van der Waals surface area contributed by atoms with E-state index < -0.39 is 6.04 Å². The molecule has 9 nitrogen and oxygen atoms in total. The van der Waals surface area contributed by atoms with E-state index in [1.807, 2.05) is 13.0 Å². The molecule has 3 aromatic rings. The number of benzene rings is 2. The van der Waals surface area contributed by atoms with Gasteiger partial charge in [-0.15, -0.1) is 0 Å². The smallest absolute Gasteiger partial charge is 0.265 e. The molecular formula is C22H22N4O5S. The number of methoxy groups -OCH3 is 1. The predicted molar refractivity (Wildman–Crippen MR) is 123 cm³/mol. The number of carbonyl (C=O) groups is 3. The molecule has 1 unspecified atom stereocenters. The number of thiazole rings is 1. The molecule has 0 radical (unpaired) electrons. The molecule has 0 spiro atoms. The van der Waals surface area contributed by atoms with E-state index in [1.54, 1.807) is 30.3 Å². The molecule has 10 heteroatoms. The summed E-state index contributed by atoms with van der Waals surface area (Å²) in [5.41, 5.74) is 1.66. The van der Waals surface area contributed by atoms with E-state index in [2.05, 4.69) is 15.6 Å². The Morgan fingerprint density at radius 2 is 2.06 bits per heavy atom. The van der Waals surface area contributed by atoms with Crippen LogP contribution in [0, 0.1) is 0 Å².